The monoisotopic (exact) mass is 270 g/mol. The predicted octanol–water partition coefficient (Wildman–Crippen LogP) is 3.96. The molecule has 3 heteroatoms. The van der Waals surface area contributed by atoms with Gasteiger partial charge in [-0.15, -0.1) is 0 Å². The Morgan fingerprint density at radius 1 is 1.05 bits per heavy atom. The van der Waals surface area contributed by atoms with Crippen molar-refractivity contribution in [3.8, 4) is 11.3 Å². The molecule has 2 aromatic carbocycles. The number of aromatic nitrogens is 1. The second-order valence-electron chi connectivity index (χ2n) is 4.61. The Balaban J connectivity index is 2.34. The molecule has 0 unspecified atom stereocenters. The van der Waals surface area contributed by atoms with E-state index in [9.17, 15) is 0 Å². The highest BCUT2D eigenvalue weighted by atomic mass is 35.5. The molecule has 0 saturated heterocycles. The van der Waals surface area contributed by atoms with Crippen molar-refractivity contribution in [2.75, 3.05) is 0 Å². The summed E-state index contributed by atoms with van der Waals surface area (Å²) in [5.74, 6) is 0. The molecule has 19 heavy (non-hydrogen) atoms. The summed E-state index contributed by atoms with van der Waals surface area (Å²) in [5.41, 5.74) is 10.6. The minimum absolute atomic E-state index is 0.527. The van der Waals surface area contributed by atoms with Gasteiger partial charge in [-0.25, -0.2) is 0 Å². The highest BCUT2D eigenvalue weighted by Gasteiger charge is 2.14. The number of hydrogen-bond donors (Lipinski definition) is 1. The minimum atomic E-state index is 0.527. The quantitative estimate of drug-likeness (QED) is 0.751. The molecular formula is C16H15ClN2. The Morgan fingerprint density at radius 2 is 1.74 bits per heavy atom. The van der Waals surface area contributed by atoms with E-state index >= 15 is 0 Å². The number of para-hydroxylation sites is 1. The smallest absolute Gasteiger partial charge is 0.0534 e. The Hall–Kier alpha value is -1.77. The van der Waals surface area contributed by atoms with Crippen molar-refractivity contribution in [3.05, 3.63) is 59.1 Å². The van der Waals surface area contributed by atoms with Gasteiger partial charge in [0, 0.05) is 29.5 Å². The second-order valence-corrected chi connectivity index (χ2v) is 5.05. The molecule has 0 radical (unpaired) electrons. The first kappa shape index (κ1) is 12.3. The molecule has 0 aliphatic heterocycles. The predicted molar refractivity (Wildman–Crippen MR) is 81.3 cm³/mol. The van der Waals surface area contributed by atoms with Gasteiger partial charge in [0.1, 0.15) is 0 Å². The fraction of sp³-hybridized carbons (Fsp3) is 0.125. The maximum Gasteiger partial charge on any atom is 0.0534 e. The zero-order valence-corrected chi connectivity index (χ0v) is 11.5. The zero-order valence-electron chi connectivity index (χ0n) is 10.7. The summed E-state index contributed by atoms with van der Waals surface area (Å²) in [6, 6.07) is 16.2. The largest absolute Gasteiger partial charge is 0.343 e. The van der Waals surface area contributed by atoms with E-state index in [2.05, 4.69) is 23.7 Å². The lowest BCUT2D eigenvalue weighted by molar-refractivity contribution is 0.959. The average Bonchev–Trinajstić information content (AvgIpc) is 2.73. The van der Waals surface area contributed by atoms with Crippen molar-refractivity contribution in [2.24, 2.45) is 12.8 Å². The molecular weight excluding hydrogens is 256 g/mol. The van der Waals surface area contributed by atoms with Crippen LogP contribution < -0.4 is 5.73 Å². The lowest BCUT2D eigenvalue weighted by atomic mass is 10.1. The van der Waals surface area contributed by atoms with Gasteiger partial charge in [-0.05, 0) is 29.3 Å². The fourth-order valence-electron chi connectivity index (χ4n) is 2.65. The topological polar surface area (TPSA) is 30.9 Å². The van der Waals surface area contributed by atoms with Gasteiger partial charge in [0.25, 0.3) is 0 Å². The van der Waals surface area contributed by atoms with Crippen LogP contribution in [0, 0.1) is 0 Å². The Labute approximate surface area is 117 Å². The molecule has 0 aliphatic carbocycles. The van der Waals surface area contributed by atoms with Crippen LogP contribution in [0.3, 0.4) is 0 Å². The summed E-state index contributed by atoms with van der Waals surface area (Å²) >= 11 is 5.96. The van der Waals surface area contributed by atoms with Crippen molar-refractivity contribution in [1.29, 1.82) is 0 Å². The first-order valence-electron chi connectivity index (χ1n) is 6.24. The first-order chi connectivity index (χ1) is 9.22. The van der Waals surface area contributed by atoms with E-state index in [1.165, 1.54) is 22.2 Å². The highest BCUT2D eigenvalue weighted by Crippen LogP contribution is 2.33. The molecule has 0 amide bonds. The number of nitrogens with two attached hydrogens (primary N) is 1. The Bertz CT molecular complexity index is 726. The maximum atomic E-state index is 5.96. The fourth-order valence-corrected chi connectivity index (χ4v) is 2.78. The van der Waals surface area contributed by atoms with Crippen LogP contribution in [0.1, 0.15) is 5.56 Å². The van der Waals surface area contributed by atoms with E-state index in [4.69, 9.17) is 17.3 Å². The van der Waals surface area contributed by atoms with Gasteiger partial charge < -0.3 is 10.3 Å². The zero-order chi connectivity index (χ0) is 13.4. The third-order valence-electron chi connectivity index (χ3n) is 3.53. The third kappa shape index (κ3) is 1.93. The lowest BCUT2D eigenvalue weighted by Crippen LogP contribution is -1.99. The van der Waals surface area contributed by atoms with Crippen molar-refractivity contribution < 1.29 is 0 Å². The molecule has 1 heterocycles. The van der Waals surface area contributed by atoms with Crippen molar-refractivity contribution >= 4 is 22.5 Å². The molecule has 0 bridgehead atoms. The number of hydrogen-bond acceptors (Lipinski definition) is 1. The summed E-state index contributed by atoms with van der Waals surface area (Å²) in [4.78, 5) is 0. The molecule has 0 atom stereocenters. The van der Waals surface area contributed by atoms with Crippen LogP contribution in [0.4, 0.5) is 0 Å². The van der Waals surface area contributed by atoms with Crippen LogP contribution >= 0.6 is 11.6 Å². The molecule has 0 saturated carbocycles. The van der Waals surface area contributed by atoms with Gasteiger partial charge >= 0.3 is 0 Å². The molecule has 2 nitrogen and oxygen atoms in total. The van der Waals surface area contributed by atoms with Crippen LogP contribution in [-0.2, 0) is 13.6 Å². The number of nitrogens with zero attached hydrogens (tertiary/aromatic N) is 1. The summed E-state index contributed by atoms with van der Waals surface area (Å²) in [6.45, 7) is 0.527. The van der Waals surface area contributed by atoms with E-state index in [-0.39, 0.29) is 0 Å². The van der Waals surface area contributed by atoms with Crippen LogP contribution in [0.5, 0.6) is 0 Å². The van der Waals surface area contributed by atoms with Crippen molar-refractivity contribution in [2.45, 2.75) is 6.54 Å². The highest BCUT2D eigenvalue weighted by molar-refractivity contribution is 6.30. The molecule has 3 aromatic rings. The number of aryl methyl sites for hydroxylation is 1. The van der Waals surface area contributed by atoms with Crippen LogP contribution in [-0.4, -0.2) is 4.57 Å². The van der Waals surface area contributed by atoms with E-state index in [1.807, 2.05) is 36.4 Å². The average molecular weight is 271 g/mol. The van der Waals surface area contributed by atoms with Crippen molar-refractivity contribution in [1.82, 2.24) is 4.57 Å². The summed E-state index contributed by atoms with van der Waals surface area (Å²) in [6.07, 6.45) is 0. The summed E-state index contributed by atoms with van der Waals surface area (Å²) < 4.78 is 2.20. The second kappa shape index (κ2) is 4.72. The van der Waals surface area contributed by atoms with E-state index in [0.717, 1.165) is 10.6 Å². The molecule has 1 aromatic heterocycles. The molecule has 0 aliphatic rings. The van der Waals surface area contributed by atoms with Gasteiger partial charge in [0.05, 0.1) is 5.69 Å². The lowest BCUT2D eigenvalue weighted by Gasteiger charge is -2.07. The number of halogens is 1. The van der Waals surface area contributed by atoms with Gasteiger partial charge in [-0.1, -0.05) is 41.9 Å². The van der Waals surface area contributed by atoms with Gasteiger partial charge in [-0.2, -0.15) is 0 Å². The SMILES string of the molecule is Cn1c(-c2ccc(Cl)cc2)c(CN)c2ccccc21. The Kier molecular flexibility index (Phi) is 3.05. The first-order valence-corrected chi connectivity index (χ1v) is 6.62. The normalized spacial score (nSPS) is 11.1. The number of rotatable bonds is 2. The third-order valence-corrected chi connectivity index (χ3v) is 3.79. The van der Waals surface area contributed by atoms with Gasteiger partial charge in [0.2, 0.25) is 0 Å². The molecule has 2 N–H and O–H groups in total. The molecule has 96 valence electrons. The van der Waals surface area contributed by atoms with Crippen LogP contribution in [0.2, 0.25) is 5.02 Å². The minimum Gasteiger partial charge on any atom is -0.343 e. The summed E-state index contributed by atoms with van der Waals surface area (Å²) in [5, 5.41) is 1.97. The van der Waals surface area contributed by atoms with E-state index in [1.54, 1.807) is 0 Å². The van der Waals surface area contributed by atoms with E-state index < -0.39 is 0 Å². The van der Waals surface area contributed by atoms with Crippen LogP contribution in [0.15, 0.2) is 48.5 Å². The molecule has 0 spiro atoms. The number of benzene rings is 2. The summed E-state index contributed by atoms with van der Waals surface area (Å²) in [7, 11) is 2.07. The van der Waals surface area contributed by atoms with Crippen molar-refractivity contribution in [3.63, 3.8) is 0 Å². The maximum absolute atomic E-state index is 5.96. The standard InChI is InChI=1S/C16H15ClN2/c1-19-15-5-3-2-4-13(15)14(10-18)16(19)11-6-8-12(17)9-7-11/h2-9H,10,18H2,1H3. The van der Waals surface area contributed by atoms with Gasteiger partial charge in [-0.3, -0.25) is 0 Å². The van der Waals surface area contributed by atoms with Gasteiger partial charge in [0.15, 0.2) is 0 Å². The van der Waals surface area contributed by atoms with E-state index in [0.29, 0.717) is 6.54 Å². The Morgan fingerprint density at radius 3 is 2.42 bits per heavy atom. The molecule has 0 fully saturated rings. The van der Waals surface area contributed by atoms with Crippen LogP contribution in [0.25, 0.3) is 22.2 Å². The number of fused-ring (bicyclic) bond motifs is 1. The molecule has 3 rings (SSSR count).